The van der Waals surface area contributed by atoms with Gasteiger partial charge in [0.1, 0.15) is 6.61 Å². The lowest BCUT2D eigenvalue weighted by molar-refractivity contribution is 0.290. The van der Waals surface area contributed by atoms with Crippen molar-refractivity contribution in [2.75, 3.05) is 0 Å². The first-order valence-electron chi connectivity index (χ1n) is 5.58. The van der Waals surface area contributed by atoms with Gasteiger partial charge in [-0.25, -0.2) is 12.8 Å². The van der Waals surface area contributed by atoms with Gasteiger partial charge in [0.2, 0.25) is 0 Å². The summed E-state index contributed by atoms with van der Waals surface area (Å²) in [4.78, 5) is -0.323. The predicted molar refractivity (Wildman–Crippen MR) is 82.9 cm³/mol. The molecule has 0 radical (unpaired) electrons. The zero-order chi connectivity index (χ0) is 15.6. The Kier molecular flexibility index (Phi) is 5.14. The molecule has 112 valence electrons. The molecule has 0 unspecified atom stereocenters. The summed E-state index contributed by atoms with van der Waals surface area (Å²) in [6.07, 6.45) is 0. The Bertz CT molecular complexity index is 781. The lowest BCUT2D eigenvalue weighted by Gasteiger charge is -2.09. The van der Waals surface area contributed by atoms with Crippen LogP contribution in [0.5, 0.6) is 5.75 Å². The van der Waals surface area contributed by atoms with Crippen molar-refractivity contribution in [3.8, 4) is 5.75 Å². The minimum Gasteiger partial charge on any atom is -0.486 e. The summed E-state index contributed by atoms with van der Waals surface area (Å²) in [6.45, 7) is 0.0516. The first kappa shape index (κ1) is 16.5. The van der Waals surface area contributed by atoms with Crippen LogP contribution in [-0.2, 0) is 15.7 Å². The van der Waals surface area contributed by atoms with E-state index in [4.69, 9.17) is 27.0 Å². The Morgan fingerprint density at radius 2 is 1.90 bits per heavy atom. The van der Waals surface area contributed by atoms with E-state index in [0.717, 1.165) is 10.5 Å². The topological polar surface area (TPSA) is 43.4 Å². The SMILES string of the molecule is O=S(=O)(Cl)c1ccc(OCc2ccc(Br)cc2Cl)c(F)c1. The molecule has 2 rings (SSSR count). The van der Waals surface area contributed by atoms with Crippen LogP contribution < -0.4 is 4.74 Å². The van der Waals surface area contributed by atoms with Gasteiger partial charge in [-0.1, -0.05) is 33.6 Å². The second-order valence-electron chi connectivity index (χ2n) is 4.05. The molecule has 0 N–H and O–H groups in total. The van der Waals surface area contributed by atoms with Crippen LogP contribution in [-0.4, -0.2) is 8.42 Å². The molecule has 3 nitrogen and oxygen atoms in total. The van der Waals surface area contributed by atoms with Crippen LogP contribution in [0.15, 0.2) is 45.8 Å². The highest BCUT2D eigenvalue weighted by Crippen LogP contribution is 2.26. The molecule has 8 heteroatoms. The molecule has 0 spiro atoms. The van der Waals surface area contributed by atoms with Crippen LogP contribution in [0.3, 0.4) is 0 Å². The molecule has 0 bridgehead atoms. The highest BCUT2D eigenvalue weighted by Gasteiger charge is 2.14. The highest BCUT2D eigenvalue weighted by molar-refractivity contribution is 9.10. The standard InChI is InChI=1S/C13H8BrCl2FO3S/c14-9-2-1-8(11(15)5-9)7-20-13-4-3-10(6-12(13)17)21(16,18)19/h1-6H,7H2. The van der Waals surface area contributed by atoms with Gasteiger partial charge in [0.25, 0.3) is 9.05 Å². The number of ether oxygens (including phenoxy) is 1. The third kappa shape index (κ3) is 4.32. The van der Waals surface area contributed by atoms with Crippen LogP contribution in [0.1, 0.15) is 5.56 Å². The van der Waals surface area contributed by atoms with E-state index < -0.39 is 14.9 Å². The zero-order valence-corrected chi connectivity index (χ0v) is 14.2. The Hall–Kier alpha value is -0.820. The van der Waals surface area contributed by atoms with Gasteiger partial charge in [0.05, 0.1) is 4.90 Å². The van der Waals surface area contributed by atoms with E-state index in [1.807, 2.05) is 0 Å². The molecule has 2 aromatic carbocycles. The van der Waals surface area contributed by atoms with E-state index in [0.29, 0.717) is 10.6 Å². The quantitative estimate of drug-likeness (QED) is 0.679. The molecule has 0 amide bonds. The fourth-order valence-electron chi connectivity index (χ4n) is 1.54. The third-order valence-corrected chi connectivity index (χ3v) is 4.78. The van der Waals surface area contributed by atoms with Crippen molar-refractivity contribution in [2.24, 2.45) is 0 Å². The summed E-state index contributed by atoms with van der Waals surface area (Å²) in [6, 6.07) is 8.40. The largest absolute Gasteiger partial charge is 0.486 e. The molecule has 2 aromatic rings. The number of benzene rings is 2. The maximum absolute atomic E-state index is 13.8. The van der Waals surface area contributed by atoms with Gasteiger partial charge >= 0.3 is 0 Å². The highest BCUT2D eigenvalue weighted by atomic mass is 79.9. The van der Waals surface area contributed by atoms with Crippen molar-refractivity contribution >= 4 is 47.3 Å². The Morgan fingerprint density at radius 3 is 2.48 bits per heavy atom. The maximum Gasteiger partial charge on any atom is 0.261 e. The van der Waals surface area contributed by atoms with E-state index in [-0.39, 0.29) is 17.3 Å². The molecular formula is C13H8BrCl2FO3S. The first-order chi connectivity index (χ1) is 9.77. The summed E-state index contributed by atoms with van der Waals surface area (Å²) >= 11 is 9.30. The minimum absolute atomic E-state index is 0.0516. The van der Waals surface area contributed by atoms with Crippen LogP contribution in [0.25, 0.3) is 0 Å². The summed E-state index contributed by atoms with van der Waals surface area (Å²) < 4.78 is 42.1. The average Bonchev–Trinajstić information content (AvgIpc) is 2.38. The molecule has 0 saturated carbocycles. The van der Waals surface area contributed by atoms with Crippen LogP contribution in [0.2, 0.25) is 5.02 Å². The number of hydrogen-bond acceptors (Lipinski definition) is 3. The summed E-state index contributed by atoms with van der Waals surface area (Å²) in [5.41, 5.74) is 0.674. The normalized spacial score (nSPS) is 11.4. The van der Waals surface area contributed by atoms with Crippen LogP contribution >= 0.6 is 38.2 Å². The molecule has 0 aliphatic heterocycles. The minimum atomic E-state index is -3.97. The monoisotopic (exact) mass is 412 g/mol. The lowest BCUT2D eigenvalue weighted by Crippen LogP contribution is -1.99. The van der Waals surface area contributed by atoms with Crippen LogP contribution in [0, 0.1) is 5.82 Å². The zero-order valence-electron chi connectivity index (χ0n) is 10.3. The summed E-state index contributed by atoms with van der Waals surface area (Å²) in [5, 5.41) is 0.477. The van der Waals surface area contributed by atoms with E-state index in [1.54, 1.807) is 18.2 Å². The number of halogens is 4. The Morgan fingerprint density at radius 1 is 1.19 bits per heavy atom. The Balaban J connectivity index is 2.17. The van der Waals surface area contributed by atoms with E-state index in [2.05, 4.69) is 15.9 Å². The number of hydrogen-bond donors (Lipinski definition) is 0. The van der Waals surface area contributed by atoms with Crippen molar-refractivity contribution in [3.63, 3.8) is 0 Å². The Labute approximate surface area is 139 Å². The molecule has 0 saturated heterocycles. The van der Waals surface area contributed by atoms with Gasteiger partial charge in [-0.3, -0.25) is 0 Å². The third-order valence-electron chi connectivity index (χ3n) is 2.58. The second kappa shape index (κ2) is 6.52. The van der Waals surface area contributed by atoms with Crippen molar-refractivity contribution < 1.29 is 17.5 Å². The fourth-order valence-corrected chi connectivity index (χ4v) is 3.04. The van der Waals surface area contributed by atoms with Gasteiger partial charge in [-0.2, -0.15) is 0 Å². The lowest BCUT2D eigenvalue weighted by atomic mass is 10.2. The smallest absolute Gasteiger partial charge is 0.261 e. The maximum atomic E-state index is 13.8. The molecule has 0 atom stereocenters. The van der Waals surface area contributed by atoms with E-state index in [1.165, 1.54) is 12.1 Å². The molecule has 21 heavy (non-hydrogen) atoms. The van der Waals surface area contributed by atoms with Gasteiger partial charge in [-0.15, -0.1) is 0 Å². The average molecular weight is 414 g/mol. The molecule has 0 aliphatic carbocycles. The fraction of sp³-hybridized carbons (Fsp3) is 0.0769. The van der Waals surface area contributed by atoms with Gasteiger partial charge < -0.3 is 4.74 Å². The van der Waals surface area contributed by atoms with Crippen molar-refractivity contribution in [1.29, 1.82) is 0 Å². The molecule has 0 heterocycles. The molecular weight excluding hydrogens is 406 g/mol. The van der Waals surface area contributed by atoms with Gasteiger partial charge in [-0.05, 0) is 30.3 Å². The van der Waals surface area contributed by atoms with Crippen LogP contribution in [0.4, 0.5) is 4.39 Å². The molecule has 0 fully saturated rings. The number of rotatable bonds is 4. The van der Waals surface area contributed by atoms with Gasteiger partial charge in [0, 0.05) is 25.7 Å². The van der Waals surface area contributed by atoms with Crippen molar-refractivity contribution in [3.05, 3.63) is 57.3 Å². The predicted octanol–water partition coefficient (Wildman–Crippen LogP) is 4.75. The van der Waals surface area contributed by atoms with Crippen molar-refractivity contribution in [1.82, 2.24) is 0 Å². The van der Waals surface area contributed by atoms with E-state index >= 15 is 0 Å². The van der Waals surface area contributed by atoms with E-state index in [9.17, 15) is 12.8 Å². The molecule has 0 aliphatic rings. The summed E-state index contributed by atoms with van der Waals surface area (Å²) in [7, 11) is 1.16. The summed E-state index contributed by atoms with van der Waals surface area (Å²) in [5.74, 6) is -0.900. The first-order valence-corrected chi connectivity index (χ1v) is 9.06. The second-order valence-corrected chi connectivity index (χ2v) is 7.94. The van der Waals surface area contributed by atoms with Crippen molar-refractivity contribution in [2.45, 2.75) is 11.5 Å². The molecule has 0 aromatic heterocycles. The van der Waals surface area contributed by atoms with Gasteiger partial charge in [0.15, 0.2) is 11.6 Å².